The highest BCUT2D eigenvalue weighted by atomic mass is 16.5. The van der Waals surface area contributed by atoms with Gasteiger partial charge in [-0.1, -0.05) is 25.5 Å². The summed E-state index contributed by atoms with van der Waals surface area (Å²) in [4.78, 5) is 11.7. The second kappa shape index (κ2) is 10.2. The lowest BCUT2D eigenvalue weighted by Crippen LogP contribution is -2.30. The number of nitrogens with one attached hydrogen (secondary N) is 2. The van der Waals surface area contributed by atoms with E-state index >= 15 is 0 Å². The van der Waals surface area contributed by atoms with E-state index in [0.29, 0.717) is 13.2 Å². The molecule has 1 atom stereocenters. The van der Waals surface area contributed by atoms with Crippen molar-refractivity contribution in [2.45, 2.75) is 39.2 Å². The van der Waals surface area contributed by atoms with Crippen molar-refractivity contribution in [1.29, 1.82) is 0 Å². The number of ether oxygens (including phenoxy) is 1. The van der Waals surface area contributed by atoms with E-state index in [-0.39, 0.29) is 12.1 Å². The van der Waals surface area contributed by atoms with Crippen LogP contribution in [0.25, 0.3) is 0 Å². The first kappa shape index (κ1) is 17.5. The molecule has 0 aliphatic heterocycles. The van der Waals surface area contributed by atoms with Crippen LogP contribution in [0.1, 0.15) is 44.7 Å². The number of hydrogen-bond donors (Lipinski definition) is 3. The molecule has 1 unspecified atom stereocenters. The Morgan fingerprint density at radius 2 is 2.10 bits per heavy atom. The predicted octanol–water partition coefficient (Wildman–Crippen LogP) is 3.03. The first-order valence-corrected chi connectivity index (χ1v) is 7.61. The van der Waals surface area contributed by atoms with Crippen molar-refractivity contribution in [3.63, 3.8) is 0 Å². The van der Waals surface area contributed by atoms with Crippen LogP contribution in [0.4, 0.5) is 10.5 Å². The molecule has 0 radical (unpaired) electrons. The average Bonchev–Trinajstić information content (AvgIpc) is 2.46. The number of unbranched alkanes of at least 4 members (excludes halogenated alkanes) is 1. The summed E-state index contributed by atoms with van der Waals surface area (Å²) in [7, 11) is 0. The number of carbonyl (C=O) groups is 1. The van der Waals surface area contributed by atoms with Crippen molar-refractivity contribution in [3.05, 3.63) is 29.8 Å². The third-order valence-electron chi connectivity index (χ3n) is 3.06. The fourth-order valence-corrected chi connectivity index (χ4v) is 1.80. The molecule has 0 saturated carbocycles. The highest BCUT2D eigenvalue weighted by Gasteiger charge is 2.03. The Labute approximate surface area is 127 Å². The van der Waals surface area contributed by atoms with Gasteiger partial charge in [-0.2, -0.15) is 0 Å². The zero-order chi connectivity index (χ0) is 15.5. The quantitative estimate of drug-likeness (QED) is 0.612. The van der Waals surface area contributed by atoms with Crippen molar-refractivity contribution in [2.24, 2.45) is 5.73 Å². The molecule has 0 fully saturated rings. The topological polar surface area (TPSA) is 76.4 Å². The molecule has 0 spiro atoms. The maximum atomic E-state index is 11.7. The Hall–Kier alpha value is -1.59. The predicted molar refractivity (Wildman–Crippen MR) is 86.4 cm³/mol. The van der Waals surface area contributed by atoms with Gasteiger partial charge < -0.3 is 21.1 Å². The number of nitrogens with two attached hydrogens (primary N) is 1. The second-order valence-corrected chi connectivity index (χ2v) is 5.11. The molecule has 1 aromatic rings. The Bertz CT molecular complexity index is 422. The molecule has 0 heterocycles. The Morgan fingerprint density at radius 1 is 1.33 bits per heavy atom. The van der Waals surface area contributed by atoms with Gasteiger partial charge in [-0.3, -0.25) is 0 Å². The molecule has 0 saturated heterocycles. The van der Waals surface area contributed by atoms with Gasteiger partial charge in [0.1, 0.15) is 0 Å². The Kier molecular flexibility index (Phi) is 8.47. The van der Waals surface area contributed by atoms with Crippen LogP contribution in [0, 0.1) is 0 Å². The van der Waals surface area contributed by atoms with E-state index in [2.05, 4.69) is 17.6 Å². The summed E-state index contributed by atoms with van der Waals surface area (Å²) in [5.41, 5.74) is 7.57. The summed E-state index contributed by atoms with van der Waals surface area (Å²) in [6.45, 7) is 6.13. The number of anilines is 1. The minimum Gasteiger partial charge on any atom is -0.381 e. The molecule has 0 aliphatic carbocycles. The fourth-order valence-electron chi connectivity index (χ4n) is 1.80. The lowest BCUT2D eigenvalue weighted by molar-refractivity contribution is 0.129. The molecule has 0 bridgehead atoms. The average molecular weight is 293 g/mol. The van der Waals surface area contributed by atoms with Gasteiger partial charge in [0.2, 0.25) is 0 Å². The van der Waals surface area contributed by atoms with Crippen LogP contribution in [0.2, 0.25) is 0 Å². The smallest absolute Gasteiger partial charge is 0.319 e. The van der Waals surface area contributed by atoms with Gasteiger partial charge in [-0.25, -0.2) is 4.79 Å². The monoisotopic (exact) mass is 293 g/mol. The van der Waals surface area contributed by atoms with E-state index in [9.17, 15) is 4.79 Å². The van der Waals surface area contributed by atoms with Gasteiger partial charge in [0.15, 0.2) is 0 Å². The van der Waals surface area contributed by atoms with Gasteiger partial charge in [0.25, 0.3) is 0 Å². The van der Waals surface area contributed by atoms with Gasteiger partial charge in [-0.15, -0.1) is 0 Å². The summed E-state index contributed by atoms with van der Waals surface area (Å²) in [6.07, 6.45) is 3.04. The van der Waals surface area contributed by atoms with Crippen LogP contribution >= 0.6 is 0 Å². The molecule has 5 nitrogen and oxygen atoms in total. The van der Waals surface area contributed by atoms with Crippen molar-refractivity contribution in [2.75, 3.05) is 25.1 Å². The number of carbonyl (C=O) groups excluding carboxylic acids is 1. The zero-order valence-corrected chi connectivity index (χ0v) is 13.0. The molecule has 2 amide bonds. The number of hydrogen-bond acceptors (Lipinski definition) is 3. The van der Waals surface area contributed by atoms with E-state index < -0.39 is 0 Å². The molecule has 4 N–H and O–H groups in total. The third kappa shape index (κ3) is 7.68. The van der Waals surface area contributed by atoms with E-state index in [1.54, 1.807) is 0 Å². The molecular weight excluding hydrogens is 266 g/mol. The summed E-state index contributed by atoms with van der Waals surface area (Å²) < 4.78 is 5.43. The van der Waals surface area contributed by atoms with Crippen molar-refractivity contribution >= 4 is 11.7 Å². The summed E-state index contributed by atoms with van der Waals surface area (Å²) >= 11 is 0. The third-order valence-corrected chi connectivity index (χ3v) is 3.06. The standard InChI is InChI=1S/C16H27N3O2/c1-3-4-10-21-11-6-9-18-16(20)19-15-8-5-7-14(12-15)13(2)17/h5,7-8,12-13H,3-4,6,9-11,17H2,1-2H3,(H2,18,19,20). The van der Waals surface area contributed by atoms with Crippen molar-refractivity contribution < 1.29 is 9.53 Å². The molecule has 5 heteroatoms. The van der Waals surface area contributed by atoms with E-state index in [1.165, 1.54) is 0 Å². The van der Waals surface area contributed by atoms with Crippen LogP contribution in [0.3, 0.4) is 0 Å². The molecule has 0 aliphatic rings. The minimum atomic E-state index is -0.203. The molecule has 0 aromatic heterocycles. The summed E-state index contributed by atoms with van der Waals surface area (Å²) in [6, 6.07) is 7.31. The highest BCUT2D eigenvalue weighted by molar-refractivity contribution is 5.89. The Balaban J connectivity index is 2.20. The maximum Gasteiger partial charge on any atom is 0.319 e. The van der Waals surface area contributed by atoms with Crippen LogP contribution in [-0.2, 0) is 4.74 Å². The fraction of sp³-hybridized carbons (Fsp3) is 0.562. The SMILES string of the molecule is CCCCOCCCNC(=O)Nc1cccc(C(C)N)c1. The highest BCUT2D eigenvalue weighted by Crippen LogP contribution is 2.15. The largest absolute Gasteiger partial charge is 0.381 e. The van der Waals surface area contributed by atoms with Gasteiger partial charge in [0.05, 0.1) is 0 Å². The first-order chi connectivity index (χ1) is 10.1. The molecule has 1 aromatic carbocycles. The first-order valence-electron chi connectivity index (χ1n) is 7.61. The summed E-state index contributed by atoms with van der Waals surface area (Å²) in [5, 5.41) is 5.61. The van der Waals surface area contributed by atoms with E-state index in [1.807, 2.05) is 31.2 Å². The molecule has 21 heavy (non-hydrogen) atoms. The molecule has 1 rings (SSSR count). The van der Waals surface area contributed by atoms with Gasteiger partial charge in [-0.05, 0) is 37.5 Å². The van der Waals surface area contributed by atoms with Gasteiger partial charge >= 0.3 is 6.03 Å². The normalized spacial score (nSPS) is 12.0. The summed E-state index contributed by atoms with van der Waals surface area (Å²) in [5.74, 6) is 0. The molecular formula is C16H27N3O2. The van der Waals surface area contributed by atoms with E-state index in [0.717, 1.165) is 37.1 Å². The minimum absolute atomic E-state index is 0.0462. The number of rotatable bonds is 9. The van der Waals surface area contributed by atoms with Crippen LogP contribution in [0.15, 0.2) is 24.3 Å². The number of amides is 2. The lowest BCUT2D eigenvalue weighted by Gasteiger charge is -2.10. The zero-order valence-electron chi connectivity index (χ0n) is 13.0. The Morgan fingerprint density at radius 3 is 2.81 bits per heavy atom. The van der Waals surface area contributed by atoms with Crippen LogP contribution < -0.4 is 16.4 Å². The van der Waals surface area contributed by atoms with Crippen molar-refractivity contribution in [1.82, 2.24) is 5.32 Å². The van der Waals surface area contributed by atoms with Gasteiger partial charge in [0, 0.05) is 31.5 Å². The second-order valence-electron chi connectivity index (χ2n) is 5.11. The number of benzene rings is 1. The number of urea groups is 1. The molecule has 118 valence electrons. The van der Waals surface area contributed by atoms with Crippen molar-refractivity contribution in [3.8, 4) is 0 Å². The van der Waals surface area contributed by atoms with E-state index in [4.69, 9.17) is 10.5 Å². The maximum absolute atomic E-state index is 11.7. The lowest BCUT2D eigenvalue weighted by atomic mass is 10.1. The van der Waals surface area contributed by atoms with Crippen LogP contribution in [0.5, 0.6) is 0 Å². The van der Waals surface area contributed by atoms with Crippen LogP contribution in [-0.4, -0.2) is 25.8 Å².